The minimum atomic E-state index is -0.183. The Kier molecular flexibility index (Phi) is 4.94. The summed E-state index contributed by atoms with van der Waals surface area (Å²) in [7, 11) is 1.41. The lowest BCUT2D eigenvalue weighted by Crippen LogP contribution is -2.08. The maximum Gasteiger partial charge on any atom is 0.315 e. The second kappa shape index (κ2) is 6.00. The molecule has 0 aromatic carbocycles. The van der Waals surface area contributed by atoms with Gasteiger partial charge < -0.3 is 9.47 Å². The van der Waals surface area contributed by atoms with Gasteiger partial charge >= 0.3 is 11.9 Å². The summed E-state index contributed by atoms with van der Waals surface area (Å²) in [6.07, 6.45) is 0.891. The highest BCUT2D eigenvalue weighted by molar-refractivity contribution is 7.99. The molecule has 1 rings (SSSR count). The zero-order chi connectivity index (χ0) is 11.3. The maximum atomic E-state index is 11.1. The van der Waals surface area contributed by atoms with E-state index in [9.17, 15) is 9.59 Å². The second-order valence-electron chi connectivity index (χ2n) is 3.45. The van der Waals surface area contributed by atoms with E-state index in [1.165, 1.54) is 18.9 Å². The van der Waals surface area contributed by atoms with E-state index in [1.54, 1.807) is 6.92 Å². The van der Waals surface area contributed by atoms with Gasteiger partial charge in [0.2, 0.25) is 0 Å². The largest absolute Gasteiger partial charge is 0.469 e. The van der Waals surface area contributed by atoms with Crippen LogP contribution in [0.5, 0.6) is 0 Å². The minimum absolute atomic E-state index is 0.0599. The Morgan fingerprint density at radius 1 is 1.47 bits per heavy atom. The Hall–Kier alpha value is -0.710. The average molecular weight is 232 g/mol. The summed E-state index contributed by atoms with van der Waals surface area (Å²) in [6.45, 7) is 2.21. The molecule has 0 spiro atoms. The lowest BCUT2D eigenvalue weighted by molar-refractivity contribution is -0.142. The van der Waals surface area contributed by atoms with Gasteiger partial charge in [0.1, 0.15) is 0 Å². The maximum absolute atomic E-state index is 11.1. The number of ether oxygens (including phenoxy) is 2. The monoisotopic (exact) mass is 232 g/mol. The Bertz CT molecular complexity index is 242. The lowest BCUT2D eigenvalue weighted by Gasteiger charge is -2.01. The number of carbonyl (C=O) groups is 2. The quantitative estimate of drug-likeness (QED) is 0.642. The van der Waals surface area contributed by atoms with Crippen LogP contribution in [0.3, 0.4) is 0 Å². The number of thioether (sulfide) groups is 1. The van der Waals surface area contributed by atoms with Crippen LogP contribution in [-0.2, 0) is 19.1 Å². The molecular formula is C10H16O4S. The van der Waals surface area contributed by atoms with Crippen LogP contribution < -0.4 is 0 Å². The summed E-state index contributed by atoms with van der Waals surface area (Å²) in [5.41, 5.74) is 0. The molecule has 2 atom stereocenters. The first kappa shape index (κ1) is 12.4. The van der Waals surface area contributed by atoms with Gasteiger partial charge in [0.05, 0.1) is 25.4 Å². The highest BCUT2D eigenvalue weighted by Gasteiger charge is 2.43. The highest BCUT2D eigenvalue weighted by Crippen LogP contribution is 2.41. The number of rotatable bonds is 6. The van der Waals surface area contributed by atoms with Crippen LogP contribution in [0.4, 0.5) is 0 Å². The van der Waals surface area contributed by atoms with Crippen molar-refractivity contribution < 1.29 is 19.1 Å². The zero-order valence-electron chi connectivity index (χ0n) is 9.02. The van der Waals surface area contributed by atoms with E-state index in [0.29, 0.717) is 18.3 Å². The molecule has 0 bridgehead atoms. The fourth-order valence-corrected chi connectivity index (χ4v) is 2.41. The van der Waals surface area contributed by atoms with Gasteiger partial charge in [0.15, 0.2) is 0 Å². The molecule has 0 radical (unpaired) electrons. The van der Waals surface area contributed by atoms with Gasteiger partial charge in [-0.2, -0.15) is 0 Å². The fourth-order valence-electron chi connectivity index (χ4n) is 1.37. The van der Waals surface area contributed by atoms with Crippen LogP contribution in [0, 0.1) is 11.8 Å². The van der Waals surface area contributed by atoms with Crippen LogP contribution in [0.25, 0.3) is 0 Å². The number of methoxy groups -OCH3 is 1. The molecule has 0 N–H and O–H groups in total. The molecule has 2 unspecified atom stereocenters. The highest BCUT2D eigenvalue weighted by atomic mass is 32.2. The molecule has 1 aliphatic carbocycles. The molecule has 86 valence electrons. The first-order chi connectivity index (χ1) is 7.19. The number of esters is 2. The molecule has 5 heteroatoms. The van der Waals surface area contributed by atoms with Crippen molar-refractivity contribution in [1.82, 2.24) is 0 Å². The van der Waals surface area contributed by atoms with E-state index in [1.807, 2.05) is 0 Å². The van der Waals surface area contributed by atoms with E-state index >= 15 is 0 Å². The van der Waals surface area contributed by atoms with Crippen LogP contribution in [-0.4, -0.2) is 37.2 Å². The van der Waals surface area contributed by atoms with E-state index in [4.69, 9.17) is 4.74 Å². The number of hydrogen-bond acceptors (Lipinski definition) is 5. The van der Waals surface area contributed by atoms with E-state index in [-0.39, 0.29) is 17.9 Å². The molecule has 0 aliphatic heterocycles. The van der Waals surface area contributed by atoms with Crippen molar-refractivity contribution >= 4 is 23.7 Å². The Morgan fingerprint density at radius 3 is 2.80 bits per heavy atom. The third-order valence-corrected chi connectivity index (χ3v) is 3.39. The first-order valence-electron chi connectivity index (χ1n) is 5.00. The van der Waals surface area contributed by atoms with Crippen LogP contribution in [0.2, 0.25) is 0 Å². The van der Waals surface area contributed by atoms with E-state index in [0.717, 1.165) is 12.2 Å². The average Bonchev–Trinajstić information content (AvgIpc) is 2.97. The Morgan fingerprint density at radius 2 is 2.20 bits per heavy atom. The molecule has 0 saturated heterocycles. The van der Waals surface area contributed by atoms with Crippen molar-refractivity contribution in [3.8, 4) is 0 Å². The molecule has 0 aromatic heterocycles. The molecule has 1 aliphatic rings. The van der Waals surface area contributed by atoms with Gasteiger partial charge in [-0.15, -0.1) is 11.8 Å². The van der Waals surface area contributed by atoms with E-state index in [2.05, 4.69) is 4.74 Å². The van der Waals surface area contributed by atoms with Crippen molar-refractivity contribution in [3.63, 3.8) is 0 Å². The minimum Gasteiger partial charge on any atom is -0.469 e. The second-order valence-corrected chi connectivity index (χ2v) is 4.48. The van der Waals surface area contributed by atoms with Crippen molar-refractivity contribution in [1.29, 1.82) is 0 Å². The molecule has 0 heterocycles. The third-order valence-electron chi connectivity index (χ3n) is 2.28. The van der Waals surface area contributed by atoms with Crippen LogP contribution in [0.1, 0.15) is 13.3 Å². The summed E-state index contributed by atoms with van der Waals surface area (Å²) in [5.74, 6) is 1.34. The topological polar surface area (TPSA) is 52.6 Å². The molecule has 0 amide bonds. The van der Waals surface area contributed by atoms with Gasteiger partial charge in [0.25, 0.3) is 0 Å². The smallest absolute Gasteiger partial charge is 0.315 e. The summed E-state index contributed by atoms with van der Waals surface area (Å²) in [4.78, 5) is 22.0. The van der Waals surface area contributed by atoms with Crippen molar-refractivity contribution in [2.45, 2.75) is 13.3 Å². The van der Waals surface area contributed by atoms with Crippen LogP contribution in [0.15, 0.2) is 0 Å². The van der Waals surface area contributed by atoms with E-state index < -0.39 is 0 Å². The van der Waals surface area contributed by atoms with Crippen LogP contribution >= 0.6 is 11.8 Å². The van der Waals surface area contributed by atoms with Gasteiger partial charge in [-0.05, 0) is 25.0 Å². The van der Waals surface area contributed by atoms with Gasteiger partial charge in [-0.1, -0.05) is 0 Å². The number of hydrogen-bond donors (Lipinski definition) is 0. The lowest BCUT2D eigenvalue weighted by atomic mass is 10.3. The predicted octanol–water partition coefficient (Wildman–Crippen LogP) is 1.09. The molecule has 1 saturated carbocycles. The van der Waals surface area contributed by atoms with Crippen molar-refractivity contribution in [2.24, 2.45) is 11.8 Å². The normalized spacial score (nSPS) is 23.3. The molecule has 0 aromatic rings. The van der Waals surface area contributed by atoms with Crippen molar-refractivity contribution in [2.75, 3.05) is 25.2 Å². The first-order valence-corrected chi connectivity index (χ1v) is 6.15. The zero-order valence-corrected chi connectivity index (χ0v) is 9.84. The number of carbonyl (C=O) groups excluding carboxylic acids is 2. The SMILES string of the molecule is CCOC(=O)CSCC1CC1C(=O)OC. The summed E-state index contributed by atoms with van der Waals surface area (Å²) in [5, 5.41) is 0. The molecule has 15 heavy (non-hydrogen) atoms. The summed E-state index contributed by atoms with van der Waals surface area (Å²) < 4.78 is 9.42. The standard InChI is InChI=1S/C10H16O4S/c1-3-14-9(11)6-15-5-7-4-8(7)10(12)13-2/h7-8H,3-6H2,1-2H3. The van der Waals surface area contributed by atoms with Gasteiger partial charge in [-0.3, -0.25) is 9.59 Å². The fraction of sp³-hybridized carbons (Fsp3) is 0.800. The summed E-state index contributed by atoms with van der Waals surface area (Å²) >= 11 is 1.52. The van der Waals surface area contributed by atoms with Gasteiger partial charge in [0, 0.05) is 0 Å². The third kappa shape index (κ3) is 4.11. The Balaban J connectivity index is 2.03. The summed E-state index contributed by atoms with van der Waals surface area (Å²) in [6, 6.07) is 0. The van der Waals surface area contributed by atoms with Crippen molar-refractivity contribution in [3.05, 3.63) is 0 Å². The Labute approximate surface area is 93.7 Å². The predicted molar refractivity (Wildman–Crippen MR) is 57.6 cm³/mol. The molecule has 1 fully saturated rings. The van der Waals surface area contributed by atoms with Gasteiger partial charge in [-0.25, -0.2) is 0 Å². The molecular weight excluding hydrogens is 216 g/mol. The molecule has 4 nitrogen and oxygen atoms in total.